The van der Waals surface area contributed by atoms with Crippen molar-refractivity contribution in [2.75, 3.05) is 11.9 Å². The Hall–Kier alpha value is -2.96. The van der Waals surface area contributed by atoms with E-state index in [1.807, 2.05) is 18.2 Å². The molecule has 0 saturated carbocycles. The van der Waals surface area contributed by atoms with E-state index in [9.17, 15) is 14.4 Å². The molecule has 1 amide bonds. The fraction of sp³-hybridized carbons (Fsp3) is 0.250. The number of likely N-dealkylation sites (N-methyl/N-ethyl adjacent to an activating group) is 1. The van der Waals surface area contributed by atoms with E-state index in [4.69, 9.17) is 4.74 Å². The molecule has 23 heavy (non-hydrogen) atoms. The molecule has 0 saturated heterocycles. The summed E-state index contributed by atoms with van der Waals surface area (Å²) < 4.78 is 6.15. The van der Waals surface area contributed by atoms with Gasteiger partial charge in [-0.05, 0) is 25.1 Å². The standard InChI is InChI=1S/C16H17N3O4/c1-11(15(21)18(2)12-7-5-4-6-8-12)23-16(22)13-9-10-14(20)19(3)17-13/h4-11H,1-3H3. The molecule has 0 fully saturated rings. The smallest absolute Gasteiger partial charge is 0.359 e. The van der Waals surface area contributed by atoms with Crippen LogP contribution in [0.2, 0.25) is 0 Å². The number of rotatable bonds is 4. The number of hydrogen-bond donors (Lipinski definition) is 0. The molecule has 1 unspecified atom stereocenters. The summed E-state index contributed by atoms with van der Waals surface area (Å²) in [5, 5.41) is 3.79. The van der Waals surface area contributed by atoms with Gasteiger partial charge in [-0.2, -0.15) is 5.10 Å². The highest BCUT2D eigenvalue weighted by molar-refractivity contribution is 5.98. The van der Waals surface area contributed by atoms with Gasteiger partial charge in [-0.15, -0.1) is 0 Å². The number of anilines is 1. The van der Waals surface area contributed by atoms with E-state index in [0.717, 1.165) is 4.68 Å². The van der Waals surface area contributed by atoms with E-state index in [1.54, 1.807) is 19.2 Å². The van der Waals surface area contributed by atoms with Crippen molar-refractivity contribution in [2.45, 2.75) is 13.0 Å². The summed E-state index contributed by atoms with van der Waals surface area (Å²) in [6, 6.07) is 11.5. The number of carbonyl (C=O) groups excluding carboxylic acids is 2. The van der Waals surface area contributed by atoms with Gasteiger partial charge in [-0.3, -0.25) is 9.59 Å². The van der Waals surface area contributed by atoms with Crippen LogP contribution < -0.4 is 10.5 Å². The molecule has 7 heteroatoms. The Labute approximate surface area is 133 Å². The van der Waals surface area contributed by atoms with E-state index >= 15 is 0 Å². The third-order valence-electron chi connectivity index (χ3n) is 3.28. The highest BCUT2D eigenvalue weighted by atomic mass is 16.5. The highest BCUT2D eigenvalue weighted by Gasteiger charge is 2.23. The van der Waals surface area contributed by atoms with Crippen LogP contribution in [-0.2, 0) is 16.6 Å². The molecule has 0 aliphatic carbocycles. The molecule has 0 N–H and O–H groups in total. The molecular weight excluding hydrogens is 298 g/mol. The predicted octanol–water partition coefficient (Wildman–Crippen LogP) is 0.989. The normalized spacial score (nSPS) is 11.6. The molecule has 2 rings (SSSR count). The molecule has 1 atom stereocenters. The van der Waals surface area contributed by atoms with E-state index in [1.165, 1.54) is 31.0 Å². The first-order chi connectivity index (χ1) is 10.9. The number of esters is 1. The number of ether oxygens (including phenoxy) is 1. The summed E-state index contributed by atoms with van der Waals surface area (Å²) in [7, 11) is 3.03. The number of nitrogens with zero attached hydrogens (tertiary/aromatic N) is 3. The Bertz CT molecular complexity index is 770. The fourth-order valence-electron chi connectivity index (χ4n) is 1.93. The van der Waals surface area contributed by atoms with Crippen LogP contribution >= 0.6 is 0 Å². The van der Waals surface area contributed by atoms with E-state index in [2.05, 4.69) is 5.10 Å². The van der Waals surface area contributed by atoms with Gasteiger partial charge in [0.25, 0.3) is 11.5 Å². The third-order valence-corrected chi connectivity index (χ3v) is 3.28. The maximum Gasteiger partial charge on any atom is 0.359 e. The predicted molar refractivity (Wildman–Crippen MR) is 84.2 cm³/mol. The number of hydrogen-bond acceptors (Lipinski definition) is 5. The number of carbonyl (C=O) groups is 2. The monoisotopic (exact) mass is 315 g/mol. The first-order valence-electron chi connectivity index (χ1n) is 6.98. The summed E-state index contributed by atoms with van der Waals surface area (Å²) in [6.45, 7) is 1.49. The van der Waals surface area contributed by atoms with Crippen molar-refractivity contribution in [3.63, 3.8) is 0 Å². The summed E-state index contributed by atoms with van der Waals surface area (Å²) >= 11 is 0. The van der Waals surface area contributed by atoms with E-state index in [-0.39, 0.29) is 17.2 Å². The zero-order valence-electron chi connectivity index (χ0n) is 13.1. The minimum atomic E-state index is -0.980. The van der Waals surface area contributed by atoms with Crippen molar-refractivity contribution in [1.29, 1.82) is 0 Å². The van der Waals surface area contributed by atoms with Gasteiger partial charge in [0.2, 0.25) is 0 Å². The SMILES string of the molecule is CC(OC(=O)c1ccc(=O)n(C)n1)C(=O)N(C)c1ccccc1. The molecule has 2 aromatic rings. The topological polar surface area (TPSA) is 81.5 Å². The summed E-state index contributed by atoms with van der Waals surface area (Å²) in [6.07, 6.45) is -0.980. The second-order valence-corrected chi connectivity index (χ2v) is 4.96. The van der Waals surface area contributed by atoms with Crippen LogP contribution in [0.5, 0.6) is 0 Å². The fourth-order valence-corrected chi connectivity index (χ4v) is 1.93. The molecule has 1 aromatic heterocycles. The summed E-state index contributed by atoms with van der Waals surface area (Å²) in [5.41, 5.74) is 0.323. The minimum Gasteiger partial charge on any atom is -0.448 e. The average molecular weight is 315 g/mol. The average Bonchev–Trinajstić information content (AvgIpc) is 2.56. The van der Waals surface area contributed by atoms with E-state index < -0.39 is 12.1 Å². The van der Waals surface area contributed by atoms with Crippen LogP contribution in [0, 0.1) is 0 Å². The lowest BCUT2D eigenvalue weighted by atomic mass is 10.2. The van der Waals surface area contributed by atoms with Crippen molar-refractivity contribution in [3.8, 4) is 0 Å². The number of aromatic nitrogens is 2. The quantitative estimate of drug-likeness (QED) is 0.786. The third kappa shape index (κ3) is 3.82. The molecule has 0 aliphatic rings. The van der Waals surface area contributed by atoms with Crippen LogP contribution in [0.3, 0.4) is 0 Å². The van der Waals surface area contributed by atoms with Gasteiger partial charge in [0, 0.05) is 25.8 Å². The largest absolute Gasteiger partial charge is 0.448 e. The van der Waals surface area contributed by atoms with Crippen LogP contribution in [0.1, 0.15) is 17.4 Å². The molecule has 7 nitrogen and oxygen atoms in total. The molecule has 120 valence electrons. The second-order valence-electron chi connectivity index (χ2n) is 4.96. The van der Waals surface area contributed by atoms with Gasteiger partial charge >= 0.3 is 5.97 Å². The zero-order chi connectivity index (χ0) is 17.0. The van der Waals surface area contributed by atoms with Gasteiger partial charge in [0.05, 0.1) is 0 Å². The lowest BCUT2D eigenvalue weighted by molar-refractivity contribution is -0.126. The number of aryl methyl sites for hydroxylation is 1. The minimum absolute atomic E-state index is 0.0332. The van der Waals surface area contributed by atoms with Gasteiger partial charge < -0.3 is 9.64 Å². The number of benzene rings is 1. The van der Waals surface area contributed by atoms with Gasteiger partial charge in [0.15, 0.2) is 11.8 Å². The zero-order valence-corrected chi connectivity index (χ0v) is 13.1. The number of para-hydroxylation sites is 1. The lowest BCUT2D eigenvalue weighted by Crippen LogP contribution is -2.37. The van der Waals surface area contributed by atoms with Crippen molar-refractivity contribution in [3.05, 3.63) is 58.5 Å². The molecule has 0 radical (unpaired) electrons. The van der Waals surface area contributed by atoms with Crippen molar-refractivity contribution < 1.29 is 14.3 Å². The van der Waals surface area contributed by atoms with Gasteiger partial charge in [0.1, 0.15) is 0 Å². The Morgan fingerprint density at radius 2 is 1.83 bits per heavy atom. The molecule has 1 heterocycles. The molecule has 0 spiro atoms. The molecule has 0 aliphatic heterocycles. The molecule has 1 aromatic carbocycles. The Morgan fingerprint density at radius 1 is 1.17 bits per heavy atom. The summed E-state index contributed by atoms with van der Waals surface area (Å²) in [5.74, 6) is -1.13. The molecule has 0 bridgehead atoms. The van der Waals surface area contributed by atoms with E-state index in [0.29, 0.717) is 5.69 Å². The van der Waals surface area contributed by atoms with Crippen LogP contribution in [0.25, 0.3) is 0 Å². The lowest BCUT2D eigenvalue weighted by Gasteiger charge is -2.21. The first-order valence-corrected chi connectivity index (χ1v) is 6.98. The maximum absolute atomic E-state index is 12.3. The first kappa shape index (κ1) is 16.4. The second kappa shape index (κ2) is 6.87. The highest BCUT2D eigenvalue weighted by Crippen LogP contribution is 2.13. The summed E-state index contributed by atoms with van der Waals surface area (Å²) in [4.78, 5) is 37.0. The Morgan fingerprint density at radius 3 is 2.43 bits per heavy atom. The molecular formula is C16H17N3O4. The van der Waals surface area contributed by atoms with Gasteiger partial charge in [-0.25, -0.2) is 9.48 Å². The Kier molecular flexibility index (Phi) is 4.90. The maximum atomic E-state index is 12.3. The van der Waals surface area contributed by atoms with Crippen molar-refractivity contribution >= 4 is 17.6 Å². The van der Waals surface area contributed by atoms with Crippen LogP contribution in [0.4, 0.5) is 5.69 Å². The van der Waals surface area contributed by atoms with Crippen LogP contribution in [-0.4, -0.2) is 34.8 Å². The number of amides is 1. The van der Waals surface area contributed by atoms with Crippen LogP contribution in [0.15, 0.2) is 47.3 Å². The van der Waals surface area contributed by atoms with Gasteiger partial charge in [-0.1, -0.05) is 18.2 Å². The van der Waals surface area contributed by atoms with Crippen molar-refractivity contribution in [2.24, 2.45) is 7.05 Å². The van der Waals surface area contributed by atoms with Crippen molar-refractivity contribution in [1.82, 2.24) is 9.78 Å². The Balaban J connectivity index is 2.07.